The van der Waals surface area contributed by atoms with E-state index in [1.54, 1.807) is 7.05 Å². The number of methoxy groups -OCH3 is 1. The number of esters is 1. The number of carbonyl (C=O) groups excluding carboxylic acids is 1. The lowest BCUT2D eigenvalue weighted by atomic mass is 9.97. The van der Waals surface area contributed by atoms with Crippen LogP contribution in [0.15, 0.2) is 29.3 Å². The van der Waals surface area contributed by atoms with Crippen LogP contribution in [0.4, 0.5) is 0 Å². The van der Waals surface area contributed by atoms with E-state index in [2.05, 4.69) is 15.2 Å². The summed E-state index contributed by atoms with van der Waals surface area (Å²) >= 11 is 0. The van der Waals surface area contributed by atoms with Gasteiger partial charge in [-0.2, -0.15) is 0 Å². The average molecular weight is 347 g/mol. The van der Waals surface area contributed by atoms with Crippen LogP contribution in [0.3, 0.4) is 0 Å². The van der Waals surface area contributed by atoms with Crippen molar-refractivity contribution in [1.29, 1.82) is 0 Å². The first-order valence-corrected chi connectivity index (χ1v) is 8.87. The first kappa shape index (κ1) is 19.1. The molecule has 1 aromatic carbocycles. The standard InChI is InChI=1S/C19H29N3O3/c1-15-7-4-5-8-17(15)25-14-6-11-21-19(20-2)22-12-9-16(10-13-22)18(23)24-3/h4-5,7-8,16H,6,9-14H2,1-3H3,(H,20,21). The van der Waals surface area contributed by atoms with Crippen LogP contribution >= 0.6 is 0 Å². The Kier molecular flexibility index (Phi) is 7.57. The first-order chi connectivity index (χ1) is 12.2. The third kappa shape index (κ3) is 5.66. The number of hydrogen-bond acceptors (Lipinski definition) is 4. The maximum absolute atomic E-state index is 11.6. The Morgan fingerprint density at radius 1 is 1.32 bits per heavy atom. The molecule has 1 fully saturated rings. The van der Waals surface area contributed by atoms with Gasteiger partial charge < -0.3 is 19.7 Å². The van der Waals surface area contributed by atoms with Gasteiger partial charge in [-0.3, -0.25) is 9.79 Å². The summed E-state index contributed by atoms with van der Waals surface area (Å²) < 4.78 is 10.6. The molecule has 0 bridgehead atoms. The van der Waals surface area contributed by atoms with Gasteiger partial charge in [0.15, 0.2) is 5.96 Å². The van der Waals surface area contributed by atoms with E-state index in [4.69, 9.17) is 9.47 Å². The number of ether oxygens (including phenoxy) is 2. The summed E-state index contributed by atoms with van der Waals surface area (Å²) in [5.41, 5.74) is 1.15. The van der Waals surface area contributed by atoms with E-state index in [1.807, 2.05) is 31.2 Å². The van der Waals surface area contributed by atoms with Crippen LogP contribution in [0.25, 0.3) is 0 Å². The number of aliphatic imine (C=N–C) groups is 1. The predicted octanol–water partition coefficient (Wildman–Crippen LogP) is 2.22. The molecule has 138 valence electrons. The molecule has 0 unspecified atom stereocenters. The maximum Gasteiger partial charge on any atom is 0.308 e. The monoisotopic (exact) mass is 347 g/mol. The van der Waals surface area contributed by atoms with Crippen molar-refractivity contribution in [1.82, 2.24) is 10.2 Å². The highest BCUT2D eigenvalue weighted by Gasteiger charge is 2.26. The summed E-state index contributed by atoms with van der Waals surface area (Å²) in [5, 5.41) is 3.38. The van der Waals surface area contributed by atoms with Crippen molar-refractivity contribution < 1.29 is 14.3 Å². The molecule has 0 aromatic heterocycles. The van der Waals surface area contributed by atoms with E-state index in [9.17, 15) is 4.79 Å². The molecular weight excluding hydrogens is 318 g/mol. The number of likely N-dealkylation sites (tertiary alicyclic amines) is 1. The van der Waals surface area contributed by atoms with Gasteiger partial charge in [-0.05, 0) is 37.8 Å². The minimum Gasteiger partial charge on any atom is -0.493 e. The third-order valence-corrected chi connectivity index (χ3v) is 4.50. The molecule has 6 nitrogen and oxygen atoms in total. The number of benzene rings is 1. The Hall–Kier alpha value is -2.24. The molecule has 1 heterocycles. The van der Waals surface area contributed by atoms with E-state index in [0.717, 1.165) is 56.2 Å². The summed E-state index contributed by atoms with van der Waals surface area (Å²) in [6, 6.07) is 8.04. The van der Waals surface area contributed by atoms with E-state index in [0.29, 0.717) is 6.61 Å². The quantitative estimate of drug-likeness (QED) is 0.370. The van der Waals surface area contributed by atoms with Crippen LogP contribution < -0.4 is 10.1 Å². The van der Waals surface area contributed by atoms with Crippen molar-refractivity contribution in [2.75, 3.05) is 40.4 Å². The van der Waals surface area contributed by atoms with Gasteiger partial charge in [-0.25, -0.2) is 0 Å². The molecule has 1 aliphatic heterocycles. The third-order valence-electron chi connectivity index (χ3n) is 4.50. The molecule has 0 amide bonds. The molecule has 6 heteroatoms. The summed E-state index contributed by atoms with van der Waals surface area (Å²) in [4.78, 5) is 18.1. The second-order valence-electron chi connectivity index (χ2n) is 6.23. The highest BCUT2D eigenvalue weighted by atomic mass is 16.5. The minimum atomic E-state index is -0.101. The zero-order chi connectivity index (χ0) is 18.1. The Labute approximate surface area is 150 Å². The zero-order valence-corrected chi connectivity index (χ0v) is 15.5. The predicted molar refractivity (Wildman–Crippen MR) is 99.0 cm³/mol. The van der Waals surface area contributed by atoms with Crippen molar-refractivity contribution in [3.8, 4) is 5.75 Å². The average Bonchev–Trinajstić information content (AvgIpc) is 2.65. The van der Waals surface area contributed by atoms with Gasteiger partial charge in [-0.15, -0.1) is 0 Å². The van der Waals surface area contributed by atoms with Gasteiger partial charge in [0.2, 0.25) is 0 Å². The smallest absolute Gasteiger partial charge is 0.308 e. The number of aryl methyl sites for hydroxylation is 1. The molecule has 0 radical (unpaired) electrons. The molecule has 0 spiro atoms. The summed E-state index contributed by atoms with van der Waals surface area (Å²) in [6.07, 6.45) is 2.51. The Morgan fingerprint density at radius 3 is 2.68 bits per heavy atom. The summed E-state index contributed by atoms with van der Waals surface area (Å²) in [5.74, 6) is 1.74. The first-order valence-electron chi connectivity index (χ1n) is 8.87. The van der Waals surface area contributed by atoms with Crippen LogP contribution in [0.1, 0.15) is 24.8 Å². The molecule has 1 saturated heterocycles. The van der Waals surface area contributed by atoms with E-state index in [1.165, 1.54) is 7.11 Å². The van der Waals surface area contributed by atoms with Crippen LogP contribution in [0, 0.1) is 12.8 Å². The highest BCUT2D eigenvalue weighted by molar-refractivity contribution is 5.80. The normalized spacial score (nSPS) is 15.8. The zero-order valence-electron chi connectivity index (χ0n) is 15.5. The SMILES string of the molecule is CN=C(NCCCOc1ccccc1C)N1CCC(C(=O)OC)CC1. The van der Waals surface area contributed by atoms with Crippen molar-refractivity contribution >= 4 is 11.9 Å². The van der Waals surface area contributed by atoms with E-state index >= 15 is 0 Å². The van der Waals surface area contributed by atoms with Crippen LogP contribution in [-0.2, 0) is 9.53 Å². The highest BCUT2D eigenvalue weighted by Crippen LogP contribution is 2.18. The molecule has 1 aliphatic rings. The Morgan fingerprint density at radius 2 is 2.04 bits per heavy atom. The topological polar surface area (TPSA) is 63.2 Å². The number of guanidine groups is 1. The van der Waals surface area contributed by atoms with Crippen molar-refractivity contribution in [2.24, 2.45) is 10.9 Å². The number of hydrogen-bond donors (Lipinski definition) is 1. The minimum absolute atomic E-state index is 0.0156. The van der Waals surface area contributed by atoms with Gasteiger partial charge in [0.05, 0.1) is 19.6 Å². The second-order valence-corrected chi connectivity index (χ2v) is 6.23. The van der Waals surface area contributed by atoms with Gasteiger partial charge in [0, 0.05) is 26.7 Å². The van der Waals surface area contributed by atoms with Crippen LogP contribution in [0.2, 0.25) is 0 Å². The number of piperidine rings is 1. The number of nitrogens with zero attached hydrogens (tertiary/aromatic N) is 2. The lowest BCUT2D eigenvalue weighted by molar-refractivity contribution is -0.146. The molecular formula is C19H29N3O3. The molecule has 1 N–H and O–H groups in total. The fourth-order valence-electron chi connectivity index (χ4n) is 3.00. The van der Waals surface area contributed by atoms with Crippen molar-refractivity contribution in [3.63, 3.8) is 0 Å². The van der Waals surface area contributed by atoms with Crippen LogP contribution in [-0.4, -0.2) is 57.2 Å². The number of para-hydroxylation sites is 1. The summed E-state index contributed by atoms with van der Waals surface area (Å²) in [6.45, 7) is 5.15. The molecule has 1 aromatic rings. The van der Waals surface area contributed by atoms with Crippen molar-refractivity contribution in [3.05, 3.63) is 29.8 Å². The fourth-order valence-corrected chi connectivity index (χ4v) is 3.00. The molecule has 0 atom stereocenters. The largest absolute Gasteiger partial charge is 0.493 e. The lowest BCUT2D eigenvalue weighted by Gasteiger charge is -2.33. The molecule has 25 heavy (non-hydrogen) atoms. The Bertz CT molecular complexity index is 581. The molecule has 2 rings (SSSR count). The fraction of sp³-hybridized carbons (Fsp3) is 0.579. The number of rotatable bonds is 6. The van der Waals surface area contributed by atoms with Crippen molar-refractivity contribution in [2.45, 2.75) is 26.2 Å². The van der Waals surface area contributed by atoms with Gasteiger partial charge in [0.25, 0.3) is 0 Å². The second kappa shape index (κ2) is 9.91. The lowest BCUT2D eigenvalue weighted by Crippen LogP contribution is -2.47. The summed E-state index contributed by atoms with van der Waals surface area (Å²) in [7, 11) is 3.24. The van der Waals surface area contributed by atoms with Gasteiger partial charge in [0.1, 0.15) is 5.75 Å². The molecule has 0 aliphatic carbocycles. The number of nitrogens with one attached hydrogen (secondary N) is 1. The molecule has 0 saturated carbocycles. The van der Waals surface area contributed by atoms with E-state index in [-0.39, 0.29) is 11.9 Å². The Balaban J connectivity index is 1.67. The van der Waals surface area contributed by atoms with E-state index < -0.39 is 0 Å². The van der Waals surface area contributed by atoms with Gasteiger partial charge >= 0.3 is 5.97 Å². The van der Waals surface area contributed by atoms with Gasteiger partial charge in [-0.1, -0.05) is 18.2 Å². The van der Waals surface area contributed by atoms with Crippen LogP contribution in [0.5, 0.6) is 5.75 Å². The maximum atomic E-state index is 11.6. The number of carbonyl (C=O) groups is 1.